The van der Waals surface area contributed by atoms with Gasteiger partial charge < -0.3 is 20.8 Å². The van der Waals surface area contributed by atoms with Crippen molar-refractivity contribution in [1.29, 1.82) is 5.41 Å². The number of rotatable bonds is 7. The molecule has 19 heavy (non-hydrogen) atoms. The van der Waals surface area contributed by atoms with Crippen molar-refractivity contribution in [2.45, 2.75) is 20.4 Å². The lowest BCUT2D eigenvalue weighted by Gasteiger charge is -2.12. The van der Waals surface area contributed by atoms with Gasteiger partial charge in [-0.05, 0) is 31.5 Å². The van der Waals surface area contributed by atoms with Gasteiger partial charge in [0, 0.05) is 12.2 Å². The number of benzene rings is 1. The van der Waals surface area contributed by atoms with Crippen LogP contribution in [0.25, 0.3) is 0 Å². The summed E-state index contributed by atoms with van der Waals surface area (Å²) in [5.74, 6) is 0.815. The summed E-state index contributed by atoms with van der Waals surface area (Å²) in [5.41, 5.74) is 2.67. The van der Waals surface area contributed by atoms with Crippen LogP contribution in [-0.4, -0.2) is 19.2 Å². The zero-order chi connectivity index (χ0) is 14.3. The van der Waals surface area contributed by atoms with Gasteiger partial charge in [-0.1, -0.05) is 12.1 Å². The minimum atomic E-state index is 0.312. The molecule has 0 bridgehead atoms. The van der Waals surface area contributed by atoms with Crippen LogP contribution >= 0.6 is 0 Å². The molecule has 0 heterocycles. The molecule has 1 amide bonds. The summed E-state index contributed by atoms with van der Waals surface area (Å²) < 4.78 is 5.09. The minimum absolute atomic E-state index is 0.312. The highest BCUT2D eigenvalue weighted by atomic mass is 16.5. The Hall–Kier alpha value is -2.30. The van der Waals surface area contributed by atoms with Crippen LogP contribution in [0.3, 0.4) is 0 Å². The highest BCUT2D eigenvalue weighted by Crippen LogP contribution is 2.11. The monoisotopic (exact) mass is 261 g/mol. The topological polar surface area (TPSA) is 74.2 Å². The number of methoxy groups -OCH3 is 1. The third-order valence-electron chi connectivity index (χ3n) is 2.67. The highest BCUT2D eigenvalue weighted by Gasteiger charge is 2.04. The van der Waals surface area contributed by atoms with Crippen molar-refractivity contribution in [3.8, 4) is 5.75 Å². The number of amides is 1. The third kappa shape index (κ3) is 4.46. The van der Waals surface area contributed by atoms with Crippen LogP contribution in [0.15, 0.2) is 35.7 Å². The molecule has 1 aromatic carbocycles. The molecule has 0 spiro atoms. The van der Waals surface area contributed by atoms with Crippen LogP contribution in [-0.2, 0) is 11.3 Å². The maximum absolute atomic E-state index is 10.5. The van der Waals surface area contributed by atoms with Crippen LogP contribution in [0.4, 0.5) is 0 Å². The standard InChI is InChI=1S/C14H19N3O2/c1-10(15)14(17-9-18)11(2)16-8-12-4-6-13(19-3)7-5-12/h4-7,9,15-16H,8H2,1-3H3,(H,17,18)/b14-11+,15-10?. The molecule has 1 rings (SSSR count). The maximum atomic E-state index is 10.5. The first-order valence-electron chi connectivity index (χ1n) is 5.92. The Labute approximate surface area is 113 Å². The first-order chi connectivity index (χ1) is 9.08. The van der Waals surface area contributed by atoms with E-state index in [0.717, 1.165) is 17.0 Å². The second kappa shape index (κ2) is 7.20. The van der Waals surface area contributed by atoms with Gasteiger partial charge in [-0.15, -0.1) is 0 Å². The zero-order valence-electron chi connectivity index (χ0n) is 11.4. The van der Waals surface area contributed by atoms with Crippen molar-refractivity contribution in [3.63, 3.8) is 0 Å². The summed E-state index contributed by atoms with van der Waals surface area (Å²) in [4.78, 5) is 10.5. The Balaban J connectivity index is 2.70. The smallest absolute Gasteiger partial charge is 0.211 e. The normalized spacial score (nSPS) is 11.3. The molecular formula is C14H19N3O2. The van der Waals surface area contributed by atoms with E-state index < -0.39 is 0 Å². The third-order valence-corrected chi connectivity index (χ3v) is 2.67. The maximum Gasteiger partial charge on any atom is 0.211 e. The Kier molecular flexibility index (Phi) is 5.60. The molecule has 0 aliphatic rings. The fraction of sp³-hybridized carbons (Fsp3) is 0.286. The van der Waals surface area contributed by atoms with E-state index in [9.17, 15) is 4.79 Å². The van der Waals surface area contributed by atoms with Crippen LogP contribution in [0.5, 0.6) is 5.75 Å². The number of allylic oxidation sites excluding steroid dienone is 2. The van der Waals surface area contributed by atoms with E-state index in [1.54, 1.807) is 14.0 Å². The molecule has 0 atom stereocenters. The average Bonchev–Trinajstić information content (AvgIpc) is 2.42. The summed E-state index contributed by atoms with van der Waals surface area (Å²) >= 11 is 0. The summed E-state index contributed by atoms with van der Waals surface area (Å²) in [6.45, 7) is 4.07. The molecule has 0 aliphatic carbocycles. The predicted molar refractivity (Wildman–Crippen MR) is 75.1 cm³/mol. The van der Waals surface area contributed by atoms with Crippen molar-refractivity contribution in [1.82, 2.24) is 10.6 Å². The number of carbonyl (C=O) groups is 1. The molecule has 1 aromatic rings. The van der Waals surface area contributed by atoms with Crippen molar-refractivity contribution < 1.29 is 9.53 Å². The van der Waals surface area contributed by atoms with Gasteiger partial charge in [0.1, 0.15) is 5.75 Å². The zero-order valence-corrected chi connectivity index (χ0v) is 11.4. The first-order valence-corrected chi connectivity index (χ1v) is 5.92. The van der Waals surface area contributed by atoms with E-state index >= 15 is 0 Å². The van der Waals surface area contributed by atoms with Crippen LogP contribution in [0, 0.1) is 5.41 Å². The van der Waals surface area contributed by atoms with Gasteiger partial charge >= 0.3 is 0 Å². The van der Waals surface area contributed by atoms with Gasteiger partial charge in [0.25, 0.3) is 0 Å². The molecule has 3 N–H and O–H groups in total. The molecule has 5 nitrogen and oxygen atoms in total. The Bertz CT molecular complexity index is 478. The fourth-order valence-corrected chi connectivity index (χ4v) is 1.62. The summed E-state index contributed by atoms with van der Waals surface area (Å²) in [7, 11) is 1.63. The van der Waals surface area contributed by atoms with E-state index in [1.807, 2.05) is 31.2 Å². The van der Waals surface area contributed by atoms with Gasteiger partial charge in [-0.2, -0.15) is 0 Å². The lowest BCUT2D eigenvalue weighted by Crippen LogP contribution is -2.24. The lowest BCUT2D eigenvalue weighted by atomic mass is 10.2. The van der Waals surface area contributed by atoms with E-state index in [4.69, 9.17) is 10.1 Å². The van der Waals surface area contributed by atoms with E-state index in [1.165, 1.54) is 0 Å². The summed E-state index contributed by atoms with van der Waals surface area (Å²) in [6, 6.07) is 7.71. The van der Waals surface area contributed by atoms with E-state index in [2.05, 4.69) is 10.6 Å². The molecular weight excluding hydrogens is 242 g/mol. The number of nitrogens with one attached hydrogen (secondary N) is 3. The summed E-state index contributed by atoms with van der Waals surface area (Å²) in [5, 5.41) is 13.3. The summed E-state index contributed by atoms with van der Waals surface area (Å²) in [6.07, 6.45) is 0.575. The van der Waals surface area contributed by atoms with E-state index in [0.29, 0.717) is 24.4 Å². The van der Waals surface area contributed by atoms with Crippen LogP contribution in [0.1, 0.15) is 19.4 Å². The molecule has 0 aromatic heterocycles. The number of hydrogen-bond donors (Lipinski definition) is 3. The molecule has 0 fully saturated rings. The van der Waals surface area contributed by atoms with Crippen molar-refractivity contribution in [2.75, 3.05) is 7.11 Å². The van der Waals surface area contributed by atoms with Crippen molar-refractivity contribution >= 4 is 12.1 Å². The molecule has 102 valence electrons. The molecule has 0 saturated carbocycles. The van der Waals surface area contributed by atoms with Gasteiger partial charge in [-0.25, -0.2) is 0 Å². The Morgan fingerprint density at radius 1 is 1.32 bits per heavy atom. The second-order valence-electron chi connectivity index (χ2n) is 4.09. The van der Waals surface area contributed by atoms with Crippen LogP contribution in [0.2, 0.25) is 0 Å². The minimum Gasteiger partial charge on any atom is -0.497 e. The molecule has 0 unspecified atom stereocenters. The van der Waals surface area contributed by atoms with Crippen LogP contribution < -0.4 is 15.4 Å². The molecule has 0 radical (unpaired) electrons. The van der Waals surface area contributed by atoms with E-state index in [-0.39, 0.29) is 0 Å². The molecule has 0 saturated heterocycles. The largest absolute Gasteiger partial charge is 0.497 e. The lowest BCUT2D eigenvalue weighted by molar-refractivity contribution is -0.108. The Morgan fingerprint density at radius 2 is 1.95 bits per heavy atom. The number of ether oxygens (including phenoxy) is 1. The molecule has 5 heteroatoms. The highest BCUT2D eigenvalue weighted by molar-refractivity contribution is 5.97. The van der Waals surface area contributed by atoms with Crippen molar-refractivity contribution in [3.05, 3.63) is 41.2 Å². The Morgan fingerprint density at radius 3 is 2.42 bits per heavy atom. The molecule has 0 aliphatic heterocycles. The average molecular weight is 261 g/mol. The first kappa shape index (κ1) is 14.8. The number of carbonyl (C=O) groups excluding carboxylic acids is 1. The quantitative estimate of drug-likeness (QED) is 0.517. The fourth-order valence-electron chi connectivity index (χ4n) is 1.62. The number of hydrogen-bond acceptors (Lipinski definition) is 4. The predicted octanol–water partition coefficient (Wildman–Crippen LogP) is 1.80. The van der Waals surface area contributed by atoms with Crippen molar-refractivity contribution in [2.24, 2.45) is 0 Å². The van der Waals surface area contributed by atoms with Gasteiger partial charge in [0.15, 0.2) is 0 Å². The SMILES string of the molecule is COc1ccc(CN/C(C)=C(/NC=O)C(C)=N)cc1. The van der Waals surface area contributed by atoms with Gasteiger partial charge in [0.2, 0.25) is 6.41 Å². The van der Waals surface area contributed by atoms with Gasteiger partial charge in [0.05, 0.1) is 18.5 Å². The van der Waals surface area contributed by atoms with Gasteiger partial charge in [-0.3, -0.25) is 4.79 Å². The second-order valence-corrected chi connectivity index (χ2v) is 4.09.